The van der Waals surface area contributed by atoms with Crippen molar-refractivity contribution in [2.75, 3.05) is 0 Å². The van der Waals surface area contributed by atoms with Crippen LogP contribution in [0.25, 0.3) is 10.8 Å². The van der Waals surface area contributed by atoms with Gasteiger partial charge in [-0.05, 0) is 43.0 Å². The SMILES string of the molecule is O=C(NC1(C(=O)O)CCC1)c1cc(Cl)c2ccccc2c1OCc1ccc(C(F)(F)F)cc1. The van der Waals surface area contributed by atoms with Gasteiger partial charge < -0.3 is 15.2 Å². The quantitative estimate of drug-likeness (QED) is 0.468. The van der Waals surface area contributed by atoms with Gasteiger partial charge in [0.15, 0.2) is 0 Å². The Bertz CT molecular complexity index is 1220. The highest BCUT2D eigenvalue weighted by Gasteiger charge is 2.46. The maximum absolute atomic E-state index is 13.1. The molecule has 2 N–H and O–H groups in total. The molecule has 33 heavy (non-hydrogen) atoms. The number of hydrogen-bond acceptors (Lipinski definition) is 3. The van der Waals surface area contributed by atoms with Gasteiger partial charge in [0.25, 0.3) is 5.91 Å². The van der Waals surface area contributed by atoms with E-state index in [-0.39, 0.29) is 22.9 Å². The van der Waals surface area contributed by atoms with Gasteiger partial charge in [0.1, 0.15) is 17.9 Å². The molecule has 1 saturated carbocycles. The van der Waals surface area contributed by atoms with Crippen molar-refractivity contribution in [1.29, 1.82) is 0 Å². The van der Waals surface area contributed by atoms with E-state index in [4.69, 9.17) is 16.3 Å². The smallest absolute Gasteiger partial charge is 0.416 e. The molecule has 3 aromatic carbocycles. The fourth-order valence-electron chi connectivity index (χ4n) is 3.78. The van der Waals surface area contributed by atoms with E-state index in [1.54, 1.807) is 24.3 Å². The Hall–Kier alpha value is -3.26. The zero-order valence-corrected chi connectivity index (χ0v) is 18.0. The van der Waals surface area contributed by atoms with Crippen LogP contribution in [-0.2, 0) is 17.6 Å². The molecule has 172 valence electrons. The van der Waals surface area contributed by atoms with E-state index in [1.807, 2.05) is 0 Å². The van der Waals surface area contributed by atoms with Crippen LogP contribution in [-0.4, -0.2) is 22.5 Å². The minimum Gasteiger partial charge on any atom is -0.487 e. The number of fused-ring (bicyclic) bond motifs is 1. The van der Waals surface area contributed by atoms with Crippen molar-refractivity contribution in [3.8, 4) is 5.75 Å². The normalized spacial score (nSPS) is 15.0. The van der Waals surface area contributed by atoms with Crippen molar-refractivity contribution in [2.24, 2.45) is 0 Å². The van der Waals surface area contributed by atoms with E-state index in [0.29, 0.717) is 35.6 Å². The molecule has 9 heteroatoms. The van der Waals surface area contributed by atoms with Gasteiger partial charge in [0.2, 0.25) is 0 Å². The first-order valence-electron chi connectivity index (χ1n) is 10.2. The zero-order chi connectivity index (χ0) is 23.8. The van der Waals surface area contributed by atoms with Crippen molar-refractivity contribution in [3.05, 3.63) is 76.3 Å². The number of alkyl halides is 3. The number of nitrogens with one attached hydrogen (secondary N) is 1. The molecule has 0 unspecified atom stereocenters. The maximum atomic E-state index is 13.1. The molecule has 1 amide bonds. The summed E-state index contributed by atoms with van der Waals surface area (Å²) in [4.78, 5) is 24.8. The first-order valence-corrected chi connectivity index (χ1v) is 10.5. The molecule has 0 aliphatic heterocycles. The summed E-state index contributed by atoms with van der Waals surface area (Å²) < 4.78 is 44.4. The van der Waals surface area contributed by atoms with Gasteiger partial charge in [-0.25, -0.2) is 4.79 Å². The second-order valence-electron chi connectivity index (χ2n) is 7.96. The highest BCUT2D eigenvalue weighted by atomic mass is 35.5. The van der Waals surface area contributed by atoms with E-state index >= 15 is 0 Å². The molecule has 1 fully saturated rings. The van der Waals surface area contributed by atoms with Crippen LogP contribution in [0.2, 0.25) is 5.02 Å². The summed E-state index contributed by atoms with van der Waals surface area (Å²) in [7, 11) is 0. The fourth-order valence-corrected chi connectivity index (χ4v) is 4.06. The van der Waals surface area contributed by atoms with Crippen LogP contribution in [0.3, 0.4) is 0 Å². The molecule has 5 nitrogen and oxygen atoms in total. The zero-order valence-electron chi connectivity index (χ0n) is 17.2. The Morgan fingerprint density at radius 2 is 1.70 bits per heavy atom. The average molecular weight is 478 g/mol. The summed E-state index contributed by atoms with van der Waals surface area (Å²) >= 11 is 6.38. The van der Waals surface area contributed by atoms with E-state index in [0.717, 1.165) is 12.1 Å². The van der Waals surface area contributed by atoms with Crippen molar-refractivity contribution < 1.29 is 32.6 Å². The molecule has 0 bridgehead atoms. The van der Waals surface area contributed by atoms with E-state index in [1.165, 1.54) is 18.2 Å². The third-order valence-electron chi connectivity index (χ3n) is 5.82. The van der Waals surface area contributed by atoms with Crippen LogP contribution in [0.5, 0.6) is 5.75 Å². The van der Waals surface area contributed by atoms with E-state index < -0.39 is 29.2 Å². The molecule has 4 rings (SSSR count). The van der Waals surface area contributed by atoms with Crippen molar-refractivity contribution in [1.82, 2.24) is 5.32 Å². The van der Waals surface area contributed by atoms with Crippen LogP contribution >= 0.6 is 11.6 Å². The number of carbonyl (C=O) groups excluding carboxylic acids is 1. The summed E-state index contributed by atoms with van der Waals surface area (Å²) in [6, 6.07) is 12.9. The topological polar surface area (TPSA) is 75.6 Å². The minimum atomic E-state index is -4.45. The van der Waals surface area contributed by atoms with Crippen molar-refractivity contribution in [3.63, 3.8) is 0 Å². The number of benzene rings is 3. The second kappa shape index (κ2) is 8.59. The number of rotatable bonds is 6. The molecule has 0 saturated heterocycles. The number of ether oxygens (including phenoxy) is 1. The first-order chi connectivity index (χ1) is 15.6. The van der Waals surface area contributed by atoms with Crippen LogP contribution in [0.4, 0.5) is 13.2 Å². The second-order valence-corrected chi connectivity index (χ2v) is 8.37. The number of aliphatic carboxylic acids is 1. The Kier molecular flexibility index (Phi) is 5.97. The lowest BCUT2D eigenvalue weighted by Gasteiger charge is -2.38. The molecule has 3 aromatic rings. The lowest BCUT2D eigenvalue weighted by Crippen LogP contribution is -2.59. The molecule has 0 atom stereocenters. The van der Waals surface area contributed by atoms with Crippen molar-refractivity contribution in [2.45, 2.75) is 37.6 Å². The monoisotopic (exact) mass is 477 g/mol. The summed E-state index contributed by atoms with van der Waals surface area (Å²) in [5.74, 6) is -1.58. The summed E-state index contributed by atoms with van der Waals surface area (Å²) in [6.07, 6.45) is -3.13. The van der Waals surface area contributed by atoms with Gasteiger partial charge in [-0.2, -0.15) is 13.2 Å². The third kappa shape index (κ3) is 4.48. The van der Waals surface area contributed by atoms with Gasteiger partial charge in [-0.1, -0.05) is 48.0 Å². The predicted octanol–water partition coefficient (Wildman–Crippen LogP) is 5.83. The Balaban J connectivity index is 1.68. The number of hydrogen-bond donors (Lipinski definition) is 2. The van der Waals surface area contributed by atoms with Crippen LogP contribution in [0.15, 0.2) is 54.6 Å². The van der Waals surface area contributed by atoms with Crippen molar-refractivity contribution >= 4 is 34.2 Å². The molecule has 0 heterocycles. The molecule has 0 spiro atoms. The van der Waals surface area contributed by atoms with Gasteiger partial charge >= 0.3 is 12.1 Å². The van der Waals surface area contributed by atoms with Crippen LogP contribution in [0, 0.1) is 0 Å². The lowest BCUT2D eigenvalue weighted by atomic mass is 9.76. The molecular formula is C24H19ClF3NO4. The Morgan fingerprint density at radius 1 is 1.06 bits per heavy atom. The lowest BCUT2D eigenvalue weighted by molar-refractivity contribution is -0.148. The number of halogens is 4. The van der Waals surface area contributed by atoms with E-state index in [2.05, 4.69) is 5.32 Å². The molecule has 0 aromatic heterocycles. The predicted molar refractivity (Wildman–Crippen MR) is 116 cm³/mol. The fraction of sp³-hybridized carbons (Fsp3) is 0.250. The van der Waals surface area contributed by atoms with Crippen LogP contribution < -0.4 is 10.1 Å². The summed E-state index contributed by atoms with van der Waals surface area (Å²) in [5.41, 5.74) is -1.59. The standard InChI is InChI=1S/C24H19ClF3NO4/c25-19-12-18(21(30)29-23(22(31)32)10-3-11-23)20(17-5-2-1-4-16(17)19)33-13-14-6-8-15(9-7-14)24(26,27)28/h1-2,4-9,12H,3,10-11,13H2,(H,29,30)(H,31,32). The highest BCUT2D eigenvalue weighted by Crippen LogP contribution is 2.38. The maximum Gasteiger partial charge on any atom is 0.416 e. The molecular weight excluding hydrogens is 459 g/mol. The molecule has 1 aliphatic rings. The number of amides is 1. The third-order valence-corrected chi connectivity index (χ3v) is 6.14. The minimum absolute atomic E-state index is 0.0538. The van der Waals surface area contributed by atoms with Crippen LogP contribution in [0.1, 0.15) is 40.7 Å². The van der Waals surface area contributed by atoms with Gasteiger partial charge in [0.05, 0.1) is 11.1 Å². The van der Waals surface area contributed by atoms with Gasteiger partial charge in [-0.3, -0.25) is 4.79 Å². The Labute approximate surface area is 192 Å². The highest BCUT2D eigenvalue weighted by molar-refractivity contribution is 6.36. The summed E-state index contributed by atoms with van der Waals surface area (Å²) in [6.45, 7) is -0.103. The molecule has 0 radical (unpaired) electrons. The number of carboxylic acids is 1. The average Bonchev–Trinajstić information content (AvgIpc) is 2.75. The molecule has 1 aliphatic carbocycles. The largest absolute Gasteiger partial charge is 0.487 e. The Morgan fingerprint density at radius 3 is 2.24 bits per heavy atom. The first kappa shape index (κ1) is 22.9. The summed E-state index contributed by atoms with van der Waals surface area (Å²) in [5, 5.41) is 13.6. The van der Waals surface area contributed by atoms with E-state index in [9.17, 15) is 27.9 Å². The number of carboxylic acid groups (broad SMARTS) is 1. The van der Waals surface area contributed by atoms with Gasteiger partial charge in [0, 0.05) is 15.8 Å². The van der Waals surface area contributed by atoms with Gasteiger partial charge in [-0.15, -0.1) is 0 Å². The number of carbonyl (C=O) groups is 2.